The first-order chi connectivity index (χ1) is 7.24. The van der Waals surface area contributed by atoms with Crippen molar-refractivity contribution in [1.82, 2.24) is 14.4 Å². The summed E-state index contributed by atoms with van der Waals surface area (Å²) in [5.41, 5.74) is 1.89. The minimum atomic E-state index is -0.828. The average Bonchev–Trinajstić information content (AvgIpc) is 2.84. The van der Waals surface area contributed by atoms with Gasteiger partial charge in [0, 0.05) is 17.8 Å². The number of nitrogens with zero attached hydrogens (tertiary/aromatic N) is 2. The molecule has 1 aliphatic carbocycles. The van der Waals surface area contributed by atoms with Gasteiger partial charge in [0.2, 0.25) is 5.78 Å². The zero-order chi connectivity index (χ0) is 10.4. The van der Waals surface area contributed by atoms with Crippen LogP contribution in [0, 0.1) is 0 Å². The first-order valence-corrected chi connectivity index (χ1v) is 5.00. The fraction of sp³-hybridized carbons (Fsp3) is 0.400. The number of aromatic amines is 1. The SMILES string of the molecule is O=C(O)Cc1cnc2[nH]c(C3CC3)cn12. The van der Waals surface area contributed by atoms with Gasteiger partial charge < -0.3 is 10.1 Å². The molecule has 0 bridgehead atoms. The smallest absolute Gasteiger partial charge is 0.309 e. The largest absolute Gasteiger partial charge is 0.481 e. The summed E-state index contributed by atoms with van der Waals surface area (Å²) in [5.74, 6) is 0.545. The fourth-order valence-electron chi connectivity index (χ4n) is 1.82. The molecule has 2 aromatic heterocycles. The maximum Gasteiger partial charge on any atom is 0.309 e. The van der Waals surface area contributed by atoms with E-state index in [1.807, 2.05) is 10.6 Å². The Hall–Kier alpha value is -1.78. The van der Waals surface area contributed by atoms with Crippen LogP contribution >= 0.6 is 0 Å². The number of carbonyl (C=O) groups is 1. The molecule has 0 aliphatic heterocycles. The number of carboxylic acids is 1. The second-order valence-electron chi connectivity index (χ2n) is 4.00. The van der Waals surface area contributed by atoms with E-state index in [-0.39, 0.29) is 6.42 Å². The van der Waals surface area contributed by atoms with Crippen molar-refractivity contribution in [2.45, 2.75) is 25.2 Å². The van der Waals surface area contributed by atoms with Crippen LogP contribution < -0.4 is 0 Å². The molecule has 78 valence electrons. The van der Waals surface area contributed by atoms with E-state index < -0.39 is 5.97 Å². The van der Waals surface area contributed by atoms with Crippen molar-refractivity contribution in [2.24, 2.45) is 0 Å². The quantitative estimate of drug-likeness (QED) is 0.790. The Labute approximate surface area is 85.8 Å². The van der Waals surface area contributed by atoms with E-state index in [1.54, 1.807) is 6.20 Å². The molecule has 0 spiro atoms. The number of hydrogen-bond donors (Lipinski definition) is 2. The van der Waals surface area contributed by atoms with Gasteiger partial charge in [-0.1, -0.05) is 0 Å². The summed E-state index contributed by atoms with van der Waals surface area (Å²) >= 11 is 0. The zero-order valence-corrected chi connectivity index (χ0v) is 8.10. The molecule has 5 heteroatoms. The van der Waals surface area contributed by atoms with Gasteiger partial charge in [-0.2, -0.15) is 0 Å². The molecule has 2 aromatic rings. The molecule has 0 atom stereocenters. The monoisotopic (exact) mass is 205 g/mol. The minimum absolute atomic E-state index is 0.0170. The van der Waals surface area contributed by atoms with E-state index in [9.17, 15) is 4.79 Å². The number of hydrogen-bond acceptors (Lipinski definition) is 2. The number of rotatable bonds is 3. The molecule has 0 saturated heterocycles. The molecular weight excluding hydrogens is 194 g/mol. The van der Waals surface area contributed by atoms with Crippen molar-refractivity contribution in [1.29, 1.82) is 0 Å². The summed E-state index contributed by atoms with van der Waals surface area (Å²) in [6.45, 7) is 0. The molecule has 2 heterocycles. The van der Waals surface area contributed by atoms with Crippen molar-refractivity contribution in [3.05, 3.63) is 23.8 Å². The summed E-state index contributed by atoms with van der Waals surface area (Å²) in [5, 5.41) is 8.72. The highest BCUT2D eigenvalue weighted by Crippen LogP contribution is 2.39. The highest BCUT2D eigenvalue weighted by atomic mass is 16.4. The third-order valence-corrected chi connectivity index (χ3v) is 2.75. The summed E-state index contributed by atoms with van der Waals surface area (Å²) in [6.07, 6.45) is 6.04. The van der Waals surface area contributed by atoms with Crippen LogP contribution in [0.15, 0.2) is 12.4 Å². The van der Waals surface area contributed by atoms with E-state index in [4.69, 9.17) is 5.11 Å². The lowest BCUT2D eigenvalue weighted by atomic mass is 10.3. The molecule has 15 heavy (non-hydrogen) atoms. The van der Waals surface area contributed by atoms with Crippen LogP contribution in [0.4, 0.5) is 0 Å². The lowest BCUT2D eigenvalue weighted by Crippen LogP contribution is -2.02. The number of nitrogens with one attached hydrogen (secondary N) is 1. The number of imidazole rings is 2. The molecule has 1 saturated carbocycles. The van der Waals surface area contributed by atoms with Crippen molar-refractivity contribution < 1.29 is 9.90 Å². The first-order valence-electron chi connectivity index (χ1n) is 5.00. The van der Waals surface area contributed by atoms with Gasteiger partial charge in [0.05, 0.1) is 18.3 Å². The average molecular weight is 205 g/mol. The highest BCUT2D eigenvalue weighted by molar-refractivity contribution is 5.69. The van der Waals surface area contributed by atoms with Crippen LogP contribution in [0.5, 0.6) is 0 Å². The molecule has 1 fully saturated rings. The Morgan fingerprint density at radius 2 is 2.47 bits per heavy atom. The zero-order valence-electron chi connectivity index (χ0n) is 8.10. The number of carboxylic acid groups (broad SMARTS) is 1. The van der Waals surface area contributed by atoms with Gasteiger partial charge in [-0.05, 0) is 12.8 Å². The first kappa shape index (κ1) is 8.52. The van der Waals surface area contributed by atoms with E-state index in [2.05, 4.69) is 9.97 Å². The molecule has 0 radical (unpaired) electrons. The van der Waals surface area contributed by atoms with Gasteiger partial charge in [0.25, 0.3) is 0 Å². The predicted molar refractivity (Wildman–Crippen MR) is 52.9 cm³/mol. The Morgan fingerprint density at radius 1 is 1.67 bits per heavy atom. The molecule has 0 unspecified atom stereocenters. The van der Waals surface area contributed by atoms with Gasteiger partial charge in [-0.15, -0.1) is 0 Å². The second-order valence-corrected chi connectivity index (χ2v) is 4.00. The minimum Gasteiger partial charge on any atom is -0.481 e. The van der Waals surface area contributed by atoms with Gasteiger partial charge in [-0.3, -0.25) is 9.20 Å². The molecule has 1 aliphatic rings. The Kier molecular flexibility index (Phi) is 1.62. The lowest BCUT2D eigenvalue weighted by Gasteiger charge is -1.92. The number of aliphatic carboxylic acids is 1. The molecule has 0 amide bonds. The third-order valence-electron chi connectivity index (χ3n) is 2.75. The van der Waals surface area contributed by atoms with E-state index in [1.165, 1.54) is 18.5 Å². The van der Waals surface area contributed by atoms with Crippen LogP contribution in [0.25, 0.3) is 5.78 Å². The molecule has 5 nitrogen and oxygen atoms in total. The van der Waals surface area contributed by atoms with E-state index >= 15 is 0 Å². The van der Waals surface area contributed by atoms with Gasteiger partial charge in [0.15, 0.2) is 0 Å². The molecule has 0 aromatic carbocycles. The fourth-order valence-corrected chi connectivity index (χ4v) is 1.82. The predicted octanol–water partition coefficient (Wildman–Crippen LogP) is 1.17. The van der Waals surface area contributed by atoms with E-state index in [0.717, 1.165) is 11.5 Å². The maximum absolute atomic E-state index is 10.6. The molecule has 3 rings (SSSR count). The van der Waals surface area contributed by atoms with Gasteiger partial charge >= 0.3 is 5.97 Å². The van der Waals surface area contributed by atoms with Crippen LogP contribution in [-0.4, -0.2) is 25.4 Å². The van der Waals surface area contributed by atoms with Crippen LogP contribution in [0.1, 0.15) is 30.1 Å². The Bertz CT molecular complexity index is 522. The number of aromatic nitrogens is 3. The number of H-pyrrole nitrogens is 1. The summed E-state index contributed by atoms with van der Waals surface area (Å²) in [6, 6.07) is 0. The number of fused-ring (bicyclic) bond motifs is 1. The van der Waals surface area contributed by atoms with Crippen LogP contribution in [-0.2, 0) is 11.2 Å². The summed E-state index contributed by atoms with van der Waals surface area (Å²) < 4.78 is 1.84. The normalized spacial score (nSPS) is 16.0. The Morgan fingerprint density at radius 3 is 3.13 bits per heavy atom. The third kappa shape index (κ3) is 1.40. The molecule has 2 N–H and O–H groups in total. The highest BCUT2D eigenvalue weighted by Gasteiger charge is 2.26. The topological polar surface area (TPSA) is 70.4 Å². The Balaban J connectivity index is 2.03. The molecular formula is C10H11N3O2. The summed E-state index contributed by atoms with van der Waals surface area (Å²) in [7, 11) is 0. The van der Waals surface area contributed by atoms with E-state index in [0.29, 0.717) is 5.92 Å². The van der Waals surface area contributed by atoms with Crippen LogP contribution in [0.2, 0.25) is 0 Å². The van der Waals surface area contributed by atoms with Crippen LogP contribution in [0.3, 0.4) is 0 Å². The maximum atomic E-state index is 10.6. The lowest BCUT2D eigenvalue weighted by molar-refractivity contribution is -0.136. The second kappa shape index (κ2) is 2.85. The van der Waals surface area contributed by atoms with Crippen molar-refractivity contribution in [2.75, 3.05) is 0 Å². The van der Waals surface area contributed by atoms with Gasteiger partial charge in [0.1, 0.15) is 0 Å². The van der Waals surface area contributed by atoms with Crippen molar-refractivity contribution in [3.63, 3.8) is 0 Å². The van der Waals surface area contributed by atoms with Crippen molar-refractivity contribution >= 4 is 11.7 Å². The van der Waals surface area contributed by atoms with Crippen molar-refractivity contribution in [3.8, 4) is 0 Å². The summed E-state index contributed by atoms with van der Waals surface area (Å²) in [4.78, 5) is 18.0. The standard InChI is InChI=1S/C10H11N3O2/c14-9(15)3-7-4-11-10-12-8(5-13(7)10)6-1-2-6/h4-6H,1-3H2,(H,11,12)(H,14,15). The van der Waals surface area contributed by atoms with Gasteiger partial charge in [-0.25, -0.2) is 4.98 Å².